The summed E-state index contributed by atoms with van der Waals surface area (Å²) in [5.74, 6) is 0.442. The Morgan fingerprint density at radius 2 is 2.06 bits per heavy atom. The second kappa shape index (κ2) is 6.35. The first-order valence-electron chi connectivity index (χ1n) is 5.78. The molecule has 0 saturated carbocycles. The monoisotopic (exact) mass is 266 g/mol. The van der Waals surface area contributed by atoms with Gasteiger partial charge in [-0.1, -0.05) is 38.6 Å². The van der Waals surface area contributed by atoms with E-state index < -0.39 is 10.0 Å². The van der Waals surface area contributed by atoms with Crippen molar-refractivity contribution < 1.29 is 8.42 Å². The molecule has 0 aliphatic carbocycles. The van der Waals surface area contributed by atoms with Gasteiger partial charge in [0.25, 0.3) is 10.0 Å². The predicted octanol–water partition coefficient (Wildman–Crippen LogP) is 2.55. The Kier molecular flexibility index (Phi) is 5.09. The molecule has 0 amide bonds. The lowest BCUT2D eigenvalue weighted by Crippen LogP contribution is -2.26. The molecule has 0 aliphatic heterocycles. The molecule has 0 aromatic heterocycles. The van der Waals surface area contributed by atoms with Gasteiger partial charge in [-0.3, -0.25) is 0 Å². The van der Waals surface area contributed by atoms with E-state index in [9.17, 15) is 8.42 Å². The van der Waals surface area contributed by atoms with Crippen molar-refractivity contribution in [2.75, 3.05) is 0 Å². The van der Waals surface area contributed by atoms with Crippen LogP contribution in [0.25, 0.3) is 0 Å². The molecular formula is C13H18N2O2S. The summed E-state index contributed by atoms with van der Waals surface area (Å²) in [4.78, 5) is 0.191. The van der Waals surface area contributed by atoms with Crippen molar-refractivity contribution in [3.05, 3.63) is 43.1 Å². The summed E-state index contributed by atoms with van der Waals surface area (Å²) < 4.78 is 28.0. The molecule has 1 N–H and O–H groups in total. The lowest BCUT2D eigenvalue weighted by molar-refractivity contribution is 0.596. The molecule has 0 saturated heterocycles. The van der Waals surface area contributed by atoms with E-state index in [1.165, 1.54) is 18.3 Å². The molecule has 1 rings (SSSR count). The molecule has 0 fully saturated rings. The van der Waals surface area contributed by atoms with E-state index in [-0.39, 0.29) is 10.8 Å². The van der Waals surface area contributed by atoms with Crippen LogP contribution in [0.5, 0.6) is 0 Å². The van der Waals surface area contributed by atoms with Crippen LogP contribution in [-0.2, 0) is 10.0 Å². The summed E-state index contributed by atoms with van der Waals surface area (Å²) in [6.45, 7) is 7.42. The number of nitrogens with zero attached hydrogens (tertiary/aromatic N) is 1. The molecule has 1 aromatic rings. The zero-order valence-corrected chi connectivity index (χ0v) is 11.4. The van der Waals surface area contributed by atoms with Gasteiger partial charge in [0.2, 0.25) is 0 Å². The van der Waals surface area contributed by atoms with Crippen LogP contribution in [0.4, 0.5) is 0 Å². The lowest BCUT2D eigenvalue weighted by atomic mass is 10.1. The van der Waals surface area contributed by atoms with Gasteiger partial charge in [0.05, 0.1) is 4.90 Å². The van der Waals surface area contributed by atoms with Crippen molar-refractivity contribution in [3.8, 4) is 0 Å². The predicted molar refractivity (Wildman–Crippen MR) is 73.9 cm³/mol. The highest BCUT2D eigenvalue weighted by atomic mass is 32.2. The zero-order valence-electron chi connectivity index (χ0n) is 10.6. The number of sulfonamides is 1. The fourth-order valence-electron chi connectivity index (χ4n) is 1.33. The highest BCUT2D eigenvalue weighted by molar-refractivity contribution is 7.90. The number of rotatable bonds is 5. The number of nitrogens with one attached hydrogen (secondary N) is 1. The van der Waals surface area contributed by atoms with E-state index in [2.05, 4.69) is 16.3 Å². The second-order valence-electron chi connectivity index (χ2n) is 3.92. The van der Waals surface area contributed by atoms with Crippen LogP contribution in [-0.4, -0.2) is 14.3 Å². The van der Waals surface area contributed by atoms with E-state index in [0.29, 0.717) is 5.84 Å². The molecular weight excluding hydrogens is 248 g/mol. The fraction of sp³-hybridized carbons (Fsp3) is 0.308. The molecule has 1 aromatic carbocycles. The summed E-state index contributed by atoms with van der Waals surface area (Å²) in [6.07, 6.45) is 2.23. The van der Waals surface area contributed by atoms with E-state index in [0.717, 1.165) is 6.42 Å². The van der Waals surface area contributed by atoms with Crippen molar-refractivity contribution in [1.29, 1.82) is 0 Å². The Bertz CT molecular complexity index is 521. The van der Waals surface area contributed by atoms with Crippen LogP contribution in [0.3, 0.4) is 0 Å². The molecule has 98 valence electrons. The minimum absolute atomic E-state index is 0.0292. The van der Waals surface area contributed by atoms with Crippen molar-refractivity contribution in [2.24, 2.45) is 10.3 Å². The SMILES string of the molecule is C=CNC(=NS(=O)(=O)c1ccccc1)C(C)CC. The van der Waals surface area contributed by atoms with Crippen molar-refractivity contribution >= 4 is 15.9 Å². The van der Waals surface area contributed by atoms with Gasteiger partial charge in [0.1, 0.15) is 5.84 Å². The molecule has 1 atom stereocenters. The number of amidine groups is 1. The third kappa shape index (κ3) is 3.70. The van der Waals surface area contributed by atoms with Crippen LogP contribution < -0.4 is 5.32 Å². The molecule has 1 unspecified atom stereocenters. The van der Waals surface area contributed by atoms with E-state index >= 15 is 0 Å². The van der Waals surface area contributed by atoms with Gasteiger partial charge in [-0.15, -0.1) is 4.40 Å². The van der Waals surface area contributed by atoms with Crippen molar-refractivity contribution in [3.63, 3.8) is 0 Å². The summed E-state index contributed by atoms with van der Waals surface area (Å²) >= 11 is 0. The van der Waals surface area contributed by atoms with Gasteiger partial charge in [-0.2, -0.15) is 8.42 Å². The largest absolute Gasteiger partial charge is 0.350 e. The zero-order chi connectivity index (χ0) is 13.6. The van der Waals surface area contributed by atoms with Crippen LogP contribution in [0.1, 0.15) is 20.3 Å². The normalized spacial score (nSPS) is 14.0. The first-order chi connectivity index (χ1) is 8.51. The van der Waals surface area contributed by atoms with Gasteiger partial charge in [-0.25, -0.2) is 0 Å². The highest BCUT2D eigenvalue weighted by Crippen LogP contribution is 2.13. The summed E-state index contributed by atoms with van der Waals surface area (Å²) in [7, 11) is -3.66. The van der Waals surface area contributed by atoms with Crippen molar-refractivity contribution in [2.45, 2.75) is 25.2 Å². The Hall–Kier alpha value is -1.62. The summed E-state index contributed by atoms with van der Waals surface area (Å²) in [5, 5.41) is 2.79. The standard InChI is InChI=1S/C13H18N2O2S/c1-4-11(3)13(14-5-2)15-18(16,17)12-9-7-6-8-10-12/h5-11H,2,4H2,1,3H3,(H,14,15). The third-order valence-corrected chi connectivity index (χ3v) is 3.89. The summed E-state index contributed by atoms with van der Waals surface area (Å²) in [5.41, 5.74) is 0. The van der Waals surface area contributed by atoms with Crippen molar-refractivity contribution in [1.82, 2.24) is 5.32 Å². The first-order valence-corrected chi connectivity index (χ1v) is 7.22. The van der Waals surface area contributed by atoms with Crippen LogP contribution in [0, 0.1) is 5.92 Å². The molecule has 0 heterocycles. The van der Waals surface area contributed by atoms with Gasteiger partial charge in [-0.05, 0) is 24.8 Å². The maximum absolute atomic E-state index is 12.1. The minimum Gasteiger partial charge on any atom is -0.350 e. The van der Waals surface area contributed by atoms with E-state index in [4.69, 9.17) is 0 Å². The molecule has 0 radical (unpaired) electrons. The average molecular weight is 266 g/mol. The van der Waals surface area contributed by atoms with E-state index in [1.807, 2.05) is 13.8 Å². The van der Waals surface area contributed by atoms with Gasteiger partial charge in [0.15, 0.2) is 0 Å². The molecule has 5 heteroatoms. The highest BCUT2D eigenvalue weighted by Gasteiger charge is 2.16. The van der Waals surface area contributed by atoms with Gasteiger partial charge in [0, 0.05) is 5.92 Å². The molecule has 0 bridgehead atoms. The Labute approximate surface area is 109 Å². The molecule has 4 nitrogen and oxygen atoms in total. The van der Waals surface area contributed by atoms with Crippen LogP contribution in [0.15, 0.2) is 52.4 Å². The van der Waals surface area contributed by atoms with Crippen LogP contribution >= 0.6 is 0 Å². The maximum Gasteiger partial charge on any atom is 0.283 e. The number of hydrogen-bond donors (Lipinski definition) is 1. The molecule has 0 aliphatic rings. The first kappa shape index (κ1) is 14.4. The molecule has 18 heavy (non-hydrogen) atoms. The third-order valence-electron chi connectivity index (χ3n) is 2.59. The Balaban J connectivity index is 3.15. The average Bonchev–Trinajstić information content (AvgIpc) is 2.38. The summed E-state index contributed by atoms with van der Waals surface area (Å²) in [6, 6.07) is 8.17. The number of hydrogen-bond acceptors (Lipinski definition) is 2. The Morgan fingerprint density at radius 3 is 2.56 bits per heavy atom. The molecule has 0 spiro atoms. The number of benzene rings is 1. The smallest absolute Gasteiger partial charge is 0.283 e. The fourth-order valence-corrected chi connectivity index (χ4v) is 2.43. The topological polar surface area (TPSA) is 58.5 Å². The van der Waals surface area contributed by atoms with Gasteiger partial charge >= 0.3 is 0 Å². The quantitative estimate of drug-likeness (QED) is 0.658. The Morgan fingerprint density at radius 1 is 1.44 bits per heavy atom. The van der Waals surface area contributed by atoms with E-state index in [1.54, 1.807) is 18.2 Å². The van der Waals surface area contributed by atoms with Gasteiger partial charge < -0.3 is 5.32 Å². The lowest BCUT2D eigenvalue weighted by Gasteiger charge is -2.12. The maximum atomic E-state index is 12.1. The second-order valence-corrected chi connectivity index (χ2v) is 5.53. The minimum atomic E-state index is -3.66. The van der Waals surface area contributed by atoms with Crippen LogP contribution in [0.2, 0.25) is 0 Å².